The fourth-order valence-corrected chi connectivity index (χ4v) is 2.09. The summed E-state index contributed by atoms with van der Waals surface area (Å²) in [4.78, 5) is 2.54. The molecule has 1 aliphatic heterocycles. The van der Waals surface area contributed by atoms with Gasteiger partial charge >= 0.3 is 0 Å². The monoisotopic (exact) mass is 170 g/mol. The first-order valence-corrected chi connectivity index (χ1v) is 5.09. The van der Waals surface area contributed by atoms with Crippen LogP contribution in [0.4, 0.5) is 0 Å². The Morgan fingerprint density at radius 1 is 1.42 bits per heavy atom. The van der Waals surface area contributed by atoms with Gasteiger partial charge in [-0.3, -0.25) is 4.90 Å². The Kier molecular flexibility index (Phi) is 3.53. The zero-order chi connectivity index (χ0) is 9.14. The predicted octanol–water partition coefficient (Wildman–Crippen LogP) is 1.32. The third kappa shape index (κ3) is 1.99. The van der Waals surface area contributed by atoms with Crippen molar-refractivity contribution in [3.63, 3.8) is 0 Å². The van der Waals surface area contributed by atoms with Crippen molar-refractivity contribution in [2.24, 2.45) is 5.92 Å². The Labute approximate surface area is 76.3 Å². The van der Waals surface area contributed by atoms with Crippen molar-refractivity contribution in [3.05, 3.63) is 0 Å². The van der Waals surface area contributed by atoms with E-state index >= 15 is 0 Å². The molecule has 2 heteroatoms. The number of likely N-dealkylation sites (N-methyl/N-ethyl adjacent to an activating group) is 1. The third-order valence-electron chi connectivity index (χ3n) is 3.07. The highest BCUT2D eigenvalue weighted by Gasteiger charge is 2.27. The van der Waals surface area contributed by atoms with Crippen LogP contribution >= 0.6 is 0 Å². The van der Waals surface area contributed by atoms with Gasteiger partial charge < -0.3 is 5.32 Å². The fraction of sp³-hybridized carbons (Fsp3) is 1.00. The van der Waals surface area contributed by atoms with E-state index in [0.29, 0.717) is 0 Å². The molecule has 2 atom stereocenters. The van der Waals surface area contributed by atoms with Gasteiger partial charge in [0.25, 0.3) is 0 Å². The van der Waals surface area contributed by atoms with Crippen LogP contribution in [-0.4, -0.2) is 37.1 Å². The molecular weight excluding hydrogens is 148 g/mol. The van der Waals surface area contributed by atoms with Crippen LogP contribution in [0.1, 0.15) is 27.2 Å². The summed E-state index contributed by atoms with van der Waals surface area (Å²) in [5, 5.41) is 3.51. The van der Waals surface area contributed by atoms with E-state index in [1.807, 2.05) is 0 Å². The molecular formula is C10H22N2. The van der Waals surface area contributed by atoms with Crippen LogP contribution in [0.15, 0.2) is 0 Å². The van der Waals surface area contributed by atoms with Crippen molar-refractivity contribution in [2.45, 2.75) is 39.3 Å². The molecule has 1 saturated heterocycles. The Balaban J connectivity index is 2.53. The molecule has 1 unspecified atom stereocenters. The SMILES string of the molecule is CCC1CNC[C@H](C(C)C)N1C. The highest BCUT2D eigenvalue weighted by molar-refractivity contribution is 4.85. The van der Waals surface area contributed by atoms with Gasteiger partial charge in [0, 0.05) is 25.2 Å². The van der Waals surface area contributed by atoms with Crippen LogP contribution in [0.3, 0.4) is 0 Å². The molecule has 1 rings (SSSR count). The largest absolute Gasteiger partial charge is 0.314 e. The molecule has 72 valence electrons. The summed E-state index contributed by atoms with van der Waals surface area (Å²) in [5.74, 6) is 0.761. The average Bonchev–Trinajstić information content (AvgIpc) is 2.04. The van der Waals surface area contributed by atoms with E-state index in [4.69, 9.17) is 0 Å². The summed E-state index contributed by atoms with van der Waals surface area (Å²) < 4.78 is 0. The van der Waals surface area contributed by atoms with Gasteiger partial charge in [-0.15, -0.1) is 0 Å². The summed E-state index contributed by atoms with van der Waals surface area (Å²) in [6.45, 7) is 9.20. The fourth-order valence-electron chi connectivity index (χ4n) is 2.09. The first kappa shape index (κ1) is 10.0. The average molecular weight is 170 g/mol. The van der Waals surface area contributed by atoms with Gasteiger partial charge in [-0.05, 0) is 19.4 Å². The summed E-state index contributed by atoms with van der Waals surface area (Å²) in [6.07, 6.45) is 1.26. The Bertz CT molecular complexity index is 134. The molecule has 0 aliphatic carbocycles. The van der Waals surface area contributed by atoms with Gasteiger partial charge in [0.2, 0.25) is 0 Å². The second kappa shape index (κ2) is 4.24. The molecule has 0 amide bonds. The van der Waals surface area contributed by atoms with E-state index in [1.54, 1.807) is 0 Å². The van der Waals surface area contributed by atoms with Crippen LogP contribution in [0, 0.1) is 5.92 Å². The topological polar surface area (TPSA) is 15.3 Å². The zero-order valence-corrected chi connectivity index (χ0v) is 8.80. The van der Waals surface area contributed by atoms with E-state index in [0.717, 1.165) is 31.1 Å². The van der Waals surface area contributed by atoms with Gasteiger partial charge in [-0.2, -0.15) is 0 Å². The first-order valence-electron chi connectivity index (χ1n) is 5.09. The van der Waals surface area contributed by atoms with Crippen molar-refractivity contribution in [2.75, 3.05) is 20.1 Å². The zero-order valence-electron chi connectivity index (χ0n) is 8.80. The molecule has 1 N–H and O–H groups in total. The van der Waals surface area contributed by atoms with Crippen molar-refractivity contribution in [1.82, 2.24) is 10.2 Å². The summed E-state index contributed by atoms with van der Waals surface area (Å²) in [5.41, 5.74) is 0. The maximum absolute atomic E-state index is 3.51. The molecule has 0 aromatic rings. The van der Waals surface area contributed by atoms with Crippen molar-refractivity contribution in [3.8, 4) is 0 Å². The number of nitrogens with one attached hydrogen (secondary N) is 1. The molecule has 2 nitrogen and oxygen atoms in total. The molecule has 1 heterocycles. The minimum Gasteiger partial charge on any atom is -0.314 e. The Hall–Kier alpha value is -0.0800. The molecule has 0 saturated carbocycles. The molecule has 12 heavy (non-hydrogen) atoms. The molecule has 0 bridgehead atoms. The Morgan fingerprint density at radius 3 is 2.58 bits per heavy atom. The minimum atomic E-state index is 0.726. The second-order valence-corrected chi connectivity index (χ2v) is 4.20. The predicted molar refractivity (Wildman–Crippen MR) is 53.3 cm³/mol. The highest BCUT2D eigenvalue weighted by Crippen LogP contribution is 2.16. The van der Waals surface area contributed by atoms with Crippen molar-refractivity contribution < 1.29 is 0 Å². The highest BCUT2D eigenvalue weighted by atomic mass is 15.2. The van der Waals surface area contributed by atoms with Crippen LogP contribution in [-0.2, 0) is 0 Å². The number of rotatable bonds is 2. The van der Waals surface area contributed by atoms with Crippen LogP contribution in [0.2, 0.25) is 0 Å². The normalized spacial score (nSPS) is 32.8. The second-order valence-electron chi connectivity index (χ2n) is 4.20. The van der Waals surface area contributed by atoms with Gasteiger partial charge in [-0.25, -0.2) is 0 Å². The molecule has 0 radical (unpaired) electrons. The smallest absolute Gasteiger partial charge is 0.0244 e. The number of hydrogen-bond acceptors (Lipinski definition) is 2. The van der Waals surface area contributed by atoms with Gasteiger partial charge in [0.1, 0.15) is 0 Å². The van der Waals surface area contributed by atoms with Crippen molar-refractivity contribution >= 4 is 0 Å². The Morgan fingerprint density at radius 2 is 2.08 bits per heavy atom. The first-order chi connectivity index (χ1) is 5.66. The lowest BCUT2D eigenvalue weighted by Gasteiger charge is -2.41. The maximum atomic E-state index is 3.51. The van der Waals surface area contributed by atoms with Gasteiger partial charge in [-0.1, -0.05) is 20.8 Å². The maximum Gasteiger partial charge on any atom is 0.0244 e. The van der Waals surface area contributed by atoms with Crippen LogP contribution in [0.5, 0.6) is 0 Å². The van der Waals surface area contributed by atoms with Gasteiger partial charge in [0.05, 0.1) is 0 Å². The van der Waals surface area contributed by atoms with E-state index in [2.05, 4.69) is 38.0 Å². The van der Waals surface area contributed by atoms with Gasteiger partial charge in [0.15, 0.2) is 0 Å². The van der Waals surface area contributed by atoms with Crippen molar-refractivity contribution in [1.29, 1.82) is 0 Å². The quantitative estimate of drug-likeness (QED) is 0.672. The lowest BCUT2D eigenvalue weighted by Crippen LogP contribution is -2.57. The third-order valence-corrected chi connectivity index (χ3v) is 3.07. The molecule has 1 fully saturated rings. The standard InChI is InChI=1S/C10H22N2/c1-5-9-6-11-7-10(8(2)3)12(9)4/h8-11H,5-7H2,1-4H3/t9?,10-/m1/s1. The van der Waals surface area contributed by atoms with E-state index in [-0.39, 0.29) is 0 Å². The molecule has 0 spiro atoms. The summed E-state index contributed by atoms with van der Waals surface area (Å²) >= 11 is 0. The van der Waals surface area contributed by atoms with E-state index < -0.39 is 0 Å². The number of nitrogens with zero attached hydrogens (tertiary/aromatic N) is 1. The number of hydrogen-bond donors (Lipinski definition) is 1. The molecule has 1 aliphatic rings. The van der Waals surface area contributed by atoms with Crippen LogP contribution in [0.25, 0.3) is 0 Å². The van der Waals surface area contributed by atoms with E-state index in [9.17, 15) is 0 Å². The van der Waals surface area contributed by atoms with Crippen LogP contribution < -0.4 is 5.32 Å². The molecule has 0 aromatic heterocycles. The number of piperazine rings is 1. The summed E-state index contributed by atoms with van der Waals surface area (Å²) in [7, 11) is 2.26. The lowest BCUT2D eigenvalue weighted by molar-refractivity contribution is 0.0955. The van der Waals surface area contributed by atoms with E-state index in [1.165, 1.54) is 6.42 Å². The summed E-state index contributed by atoms with van der Waals surface area (Å²) in [6, 6.07) is 1.47. The molecule has 0 aromatic carbocycles. The minimum absolute atomic E-state index is 0.726. The lowest BCUT2D eigenvalue weighted by atomic mass is 9.97.